The van der Waals surface area contributed by atoms with Crippen LogP contribution in [0.2, 0.25) is 0 Å². The van der Waals surface area contributed by atoms with Gasteiger partial charge in [-0.05, 0) is 38.1 Å². The van der Waals surface area contributed by atoms with E-state index in [1.54, 1.807) is 6.07 Å². The van der Waals surface area contributed by atoms with Crippen molar-refractivity contribution < 1.29 is 18.9 Å². The Morgan fingerprint density at radius 3 is 2.61 bits per heavy atom. The van der Waals surface area contributed by atoms with E-state index in [1.807, 2.05) is 44.2 Å². The Bertz CT molecular complexity index is 1060. The lowest BCUT2D eigenvalue weighted by molar-refractivity contribution is 0.174. The molecule has 2 heterocycles. The van der Waals surface area contributed by atoms with Gasteiger partial charge in [-0.15, -0.1) is 0 Å². The number of pyridine rings is 1. The summed E-state index contributed by atoms with van der Waals surface area (Å²) in [6, 6.07) is 11.1. The summed E-state index contributed by atoms with van der Waals surface area (Å²) >= 11 is 0. The molecule has 7 nitrogen and oxygen atoms in total. The van der Waals surface area contributed by atoms with Gasteiger partial charge in [-0.1, -0.05) is 0 Å². The lowest BCUT2D eigenvalue weighted by Gasteiger charge is -2.14. The monoisotopic (exact) mass is 382 g/mol. The maximum atomic E-state index is 12.5. The number of anilines is 1. The molecule has 0 amide bonds. The summed E-state index contributed by atoms with van der Waals surface area (Å²) in [5.41, 5.74) is 1.98. The van der Waals surface area contributed by atoms with Crippen molar-refractivity contribution in [1.82, 2.24) is 4.98 Å². The van der Waals surface area contributed by atoms with E-state index in [4.69, 9.17) is 18.9 Å². The van der Waals surface area contributed by atoms with Crippen molar-refractivity contribution in [2.45, 2.75) is 20.4 Å². The summed E-state index contributed by atoms with van der Waals surface area (Å²) in [4.78, 5) is 15.4. The molecule has 0 unspecified atom stereocenters. The minimum absolute atomic E-state index is 0.150. The molecule has 1 aromatic heterocycles. The predicted octanol–water partition coefficient (Wildman–Crippen LogP) is 3.67. The Morgan fingerprint density at radius 2 is 1.82 bits per heavy atom. The van der Waals surface area contributed by atoms with Gasteiger partial charge in [0.15, 0.2) is 11.5 Å². The number of benzene rings is 2. The van der Waals surface area contributed by atoms with Gasteiger partial charge in [-0.25, -0.2) is 0 Å². The van der Waals surface area contributed by atoms with Gasteiger partial charge in [-0.2, -0.15) is 0 Å². The van der Waals surface area contributed by atoms with Crippen molar-refractivity contribution in [3.05, 3.63) is 52.3 Å². The molecule has 2 N–H and O–H groups in total. The highest BCUT2D eigenvalue weighted by Gasteiger charge is 2.15. The summed E-state index contributed by atoms with van der Waals surface area (Å²) in [5.74, 6) is 2.76. The molecule has 2 aromatic carbocycles. The fraction of sp³-hybridized carbons (Fsp3) is 0.286. The summed E-state index contributed by atoms with van der Waals surface area (Å²) in [5, 5.41) is 4.17. The molecule has 0 bridgehead atoms. The van der Waals surface area contributed by atoms with Crippen LogP contribution in [0.15, 0.2) is 41.2 Å². The number of nitrogens with one attached hydrogen (secondary N) is 2. The second kappa shape index (κ2) is 7.72. The van der Waals surface area contributed by atoms with Crippen LogP contribution in [0, 0.1) is 0 Å². The van der Waals surface area contributed by atoms with E-state index < -0.39 is 0 Å². The minimum Gasteiger partial charge on any atom is -0.494 e. The number of H-pyrrole nitrogens is 1. The summed E-state index contributed by atoms with van der Waals surface area (Å²) in [6.07, 6.45) is 0. The molecule has 4 rings (SSSR count). The molecule has 0 atom stereocenters. The number of hydrogen-bond acceptors (Lipinski definition) is 6. The number of hydrogen-bond donors (Lipinski definition) is 2. The van der Waals surface area contributed by atoms with E-state index in [0.29, 0.717) is 48.1 Å². The Morgan fingerprint density at radius 1 is 1.04 bits per heavy atom. The van der Waals surface area contributed by atoms with E-state index in [9.17, 15) is 4.79 Å². The normalized spacial score (nSPS) is 12.2. The van der Waals surface area contributed by atoms with E-state index in [0.717, 1.165) is 16.8 Å². The van der Waals surface area contributed by atoms with Gasteiger partial charge < -0.3 is 29.2 Å². The molecule has 1 aliphatic heterocycles. The average Bonchev–Trinajstić information content (AvgIpc) is 3.13. The summed E-state index contributed by atoms with van der Waals surface area (Å²) in [6.45, 7) is 5.54. The fourth-order valence-corrected chi connectivity index (χ4v) is 3.14. The second-order valence-electron chi connectivity index (χ2n) is 6.29. The maximum Gasteiger partial charge on any atom is 0.253 e. The number of ether oxygens (including phenoxy) is 4. The van der Waals surface area contributed by atoms with Gasteiger partial charge >= 0.3 is 0 Å². The second-order valence-corrected chi connectivity index (χ2v) is 6.29. The van der Waals surface area contributed by atoms with E-state index in [1.165, 1.54) is 0 Å². The molecule has 0 saturated carbocycles. The Hall–Kier alpha value is -3.35. The van der Waals surface area contributed by atoms with E-state index in [2.05, 4.69) is 10.3 Å². The van der Waals surface area contributed by atoms with Crippen LogP contribution in [0.4, 0.5) is 5.69 Å². The molecular weight excluding hydrogens is 360 g/mol. The molecule has 0 spiro atoms. The summed E-state index contributed by atoms with van der Waals surface area (Å²) in [7, 11) is 0. The SMILES string of the molecule is CCOc1ccc(NCc2cc3cc4c(cc3[nH]c2=O)OCO4)c(OCC)c1. The molecular formula is C21H22N2O5. The van der Waals surface area contributed by atoms with Gasteiger partial charge in [-0.3, -0.25) is 4.79 Å². The number of aromatic nitrogens is 1. The van der Waals surface area contributed by atoms with Crippen LogP contribution in [0.1, 0.15) is 19.4 Å². The van der Waals surface area contributed by atoms with E-state index >= 15 is 0 Å². The maximum absolute atomic E-state index is 12.5. The summed E-state index contributed by atoms with van der Waals surface area (Å²) < 4.78 is 22.0. The highest BCUT2D eigenvalue weighted by Crippen LogP contribution is 2.35. The molecule has 7 heteroatoms. The van der Waals surface area contributed by atoms with Crippen molar-refractivity contribution >= 4 is 16.6 Å². The standard InChI is InChI=1S/C21H22N2O5/c1-3-25-15-5-6-16(18(9-15)26-4-2)22-11-14-7-13-8-19-20(28-12-27-19)10-17(13)23-21(14)24/h5-10,22H,3-4,11-12H2,1-2H3,(H,23,24). The van der Waals surface area contributed by atoms with Gasteiger partial charge in [0.25, 0.3) is 5.56 Å². The van der Waals surface area contributed by atoms with Crippen LogP contribution >= 0.6 is 0 Å². The predicted molar refractivity (Wildman–Crippen MR) is 107 cm³/mol. The Balaban J connectivity index is 1.59. The average molecular weight is 382 g/mol. The van der Waals surface area contributed by atoms with Crippen molar-refractivity contribution in [2.75, 3.05) is 25.3 Å². The first-order valence-corrected chi connectivity index (χ1v) is 9.27. The van der Waals surface area contributed by atoms with Crippen LogP contribution in [0.3, 0.4) is 0 Å². The Labute approximate surface area is 162 Å². The number of aromatic amines is 1. The van der Waals surface area contributed by atoms with Crippen LogP contribution in [-0.4, -0.2) is 25.0 Å². The van der Waals surface area contributed by atoms with Crippen LogP contribution in [-0.2, 0) is 6.54 Å². The fourth-order valence-electron chi connectivity index (χ4n) is 3.14. The highest BCUT2D eigenvalue weighted by molar-refractivity contribution is 5.83. The third-order valence-electron chi connectivity index (χ3n) is 4.45. The van der Waals surface area contributed by atoms with Crippen LogP contribution in [0.25, 0.3) is 10.9 Å². The topological polar surface area (TPSA) is 81.8 Å². The molecule has 0 fully saturated rings. The largest absolute Gasteiger partial charge is 0.494 e. The van der Waals surface area contributed by atoms with Gasteiger partial charge in [0.05, 0.1) is 24.4 Å². The number of rotatable bonds is 7. The van der Waals surface area contributed by atoms with Crippen molar-refractivity contribution in [1.29, 1.82) is 0 Å². The zero-order valence-corrected chi connectivity index (χ0v) is 15.8. The quantitative estimate of drug-likeness (QED) is 0.649. The Kier molecular flexibility index (Phi) is 4.97. The van der Waals surface area contributed by atoms with Gasteiger partial charge in [0, 0.05) is 29.6 Å². The molecule has 0 aliphatic carbocycles. The molecule has 3 aromatic rings. The zero-order valence-electron chi connectivity index (χ0n) is 15.8. The molecule has 28 heavy (non-hydrogen) atoms. The van der Waals surface area contributed by atoms with Crippen LogP contribution in [0.5, 0.6) is 23.0 Å². The first kappa shape index (κ1) is 18.0. The first-order chi connectivity index (χ1) is 13.7. The molecule has 0 radical (unpaired) electrons. The van der Waals surface area contributed by atoms with Crippen molar-refractivity contribution in [3.63, 3.8) is 0 Å². The third kappa shape index (κ3) is 3.55. The lowest BCUT2D eigenvalue weighted by atomic mass is 10.1. The first-order valence-electron chi connectivity index (χ1n) is 9.27. The van der Waals surface area contributed by atoms with Gasteiger partial charge in [0.2, 0.25) is 6.79 Å². The minimum atomic E-state index is -0.150. The molecule has 0 saturated heterocycles. The van der Waals surface area contributed by atoms with Crippen molar-refractivity contribution in [3.8, 4) is 23.0 Å². The highest BCUT2D eigenvalue weighted by atomic mass is 16.7. The van der Waals surface area contributed by atoms with Gasteiger partial charge in [0.1, 0.15) is 11.5 Å². The van der Waals surface area contributed by atoms with Crippen molar-refractivity contribution in [2.24, 2.45) is 0 Å². The van der Waals surface area contributed by atoms with Crippen LogP contribution < -0.4 is 29.8 Å². The van der Waals surface area contributed by atoms with E-state index in [-0.39, 0.29) is 12.4 Å². The molecule has 146 valence electrons. The third-order valence-corrected chi connectivity index (χ3v) is 4.45. The zero-order chi connectivity index (χ0) is 19.5. The smallest absolute Gasteiger partial charge is 0.253 e. The lowest BCUT2D eigenvalue weighted by Crippen LogP contribution is -2.16. The number of fused-ring (bicyclic) bond motifs is 2. The molecule has 1 aliphatic rings.